The lowest BCUT2D eigenvalue weighted by molar-refractivity contribution is -0.119. The van der Waals surface area contributed by atoms with Crippen molar-refractivity contribution >= 4 is 11.6 Å². The zero-order chi connectivity index (χ0) is 15.2. The van der Waals surface area contributed by atoms with Gasteiger partial charge in [-0.25, -0.2) is 0 Å². The number of benzene rings is 2. The Hall–Kier alpha value is -2.49. The van der Waals surface area contributed by atoms with Gasteiger partial charge in [-0.3, -0.25) is 4.79 Å². The van der Waals surface area contributed by atoms with Gasteiger partial charge in [-0.2, -0.15) is 0 Å². The number of rotatable bonds is 6. The van der Waals surface area contributed by atoms with Gasteiger partial charge < -0.3 is 15.8 Å². The summed E-state index contributed by atoms with van der Waals surface area (Å²) in [6.45, 7) is 4.89. The number of hydrogen-bond acceptors (Lipinski definition) is 3. The van der Waals surface area contributed by atoms with Gasteiger partial charge in [0.2, 0.25) is 0 Å². The predicted molar refractivity (Wildman–Crippen MR) is 84.4 cm³/mol. The Kier molecular flexibility index (Phi) is 4.82. The number of carbonyl (C=O) groups excluding carboxylic acids is 1. The summed E-state index contributed by atoms with van der Waals surface area (Å²) in [5.41, 5.74) is 9.87. The first-order valence-electron chi connectivity index (χ1n) is 6.86. The highest BCUT2D eigenvalue weighted by Crippen LogP contribution is 2.17. The van der Waals surface area contributed by atoms with E-state index in [1.165, 1.54) is 16.7 Å². The van der Waals surface area contributed by atoms with Gasteiger partial charge in [0.15, 0.2) is 6.61 Å². The highest BCUT2D eigenvalue weighted by molar-refractivity contribution is 5.75. The minimum absolute atomic E-state index is 0.102. The Balaban J connectivity index is 1.91. The fraction of sp³-hybridized carbons (Fsp3) is 0.235. The van der Waals surface area contributed by atoms with Crippen LogP contribution in [0.3, 0.4) is 0 Å². The SMILES string of the molecule is Cc1ccc(CNc2ccc(OCC(N)=O)cc2)cc1C. The third-order valence-electron chi connectivity index (χ3n) is 3.30. The van der Waals surface area contributed by atoms with E-state index in [0.29, 0.717) is 5.75 Å². The molecule has 2 rings (SSSR count). The second kappa shape index (κ2) is 6.79. The fourth-order valence-corrected chi connectivity index (χ4v) is 1.94. The highest BCUT2D eigenvalue weighted by Gasteiger charge is 1.99. The van der Waals surface area contributed by atoms with Crippen LogP contribution in [0.2, 0.25) is 0 Å². The van der Waals surface area contributed by atoms with Crippen molar-refractivity contribution in [1.82, 2.24) is 0 Å². The van der Waals surface area contributed by atoms with Gasteiger partial charge in [-0.15, -0.1) is 0 Å². The Morgan fingerprint density at radius 3 is 2.43 bits per heavy atom. The molecule has 0 aliphatic heterocycles. The molecular weight excluding hydrogens is 264 g/mol. The van der Waals surface area contributed by atoms with Crippen LogP contribution in [0.5, 0.6) is 5.75 Å². The minimum Gasteiger partial charge on any atom is -0.484 e. The van der Waals surface area contributed by atoms with Crippen molar-refractivity contribution in [3.05, 3.63) is 59.2 Å². The number of hydrogen-bond donors (Lipinski definition) is 2. The maximum Gasteiger partial charge on any atom is 0.255 e. The average molecular weight is 284 g/mol. The normalized spacial score (nSPS) is 10.2. The van der Waals surface area contributed by atoms with E-state index in [1.54, 1.807) is 0 Å². The highest BCUT2D eigenvalue weighted by atomic mass is 16.5. The third kappa shape index (κ3) is 4.53. The fourth-order valence-electron chi connectivity index (χ4n) is 1.94. The van der Waals surface area contributed by atoms with Crippen LogP contribution in [0, 0.1) is 13.8 Å². The monoisotopic (exact) mass is 284 g/mol. The molecule has 0 fully saturated rings. The van der Waals surface area contributed by atoms with E-state index in [2.05, 4.69) is 37.4 Å². The molecule has 2 aromatic rings. The molecule has 1 amide bonds. The smallest absolute Gasteiger partial charge is 0.255 e. The largest absolute Gasteiger partial charge is 0.484 e. The number of ether oxygens (including phenoxy) is 1. The summed E-state index contributed by atoms with van der Waals surface area (Å²) >= 11 is 0. The maximum absolute atomic E-state index is 10.6. The van der Waals surface area contributed by atoms with Gasteiger partial charge in [0, 0.05) is 12.2 Å². The molecule has 0 bridgehead atoms. The van der Waals surface area contributed by atoms with Gasteiger partial charge in [-0.1, -0.05) is 18.2 Å². The van der Waals surface area contributed by atoms with Crippen LogP contribution in [0.1, 0.15) is 16.7 Å². The molecule has 110 valence electrons. The third-order valence-corrected chi connectivity index (χ3v) is 3.30. The standard InChI is InChI=1S/C17H20N2O2/c1-12-3-4-14(9-13(12)2)10-19-15-5-7-16(8-6-15)21-11-17(18)20/h3-9,19H,10-11H2,1-2H3,(H2,18,20). The van der Waals surface area contributed by atoms with Crippen molar-refractivity contribution in [2.75, 3.05) is 11.9 Å². The van der Waals surface area contributed by atoms with E-state index < -0.39 is 5.91 Å². The lowest BCUT2D eigenvalue weighted by Crippen LogP contribution is -2.19. The van der Waals surface area contributed by atoms with E-state index in [0.717, 1.165) is 12.2 Å². The number of aryl methyl sites for hydroxylation is 2. The van der Waals surface area contributed by atoms with Crippen LogP contribution in [-0.4, -0.2) is 12.5 Å². The van der Waals surface area contributed by atoms with Crippen molar-refractivity contribution in [3.8, 4) is 5.75 Å². The van der Waals surface area contributed by atoms with Crippen LogP contribution < -0.4 is 15.8 Å². The molecule has 0 aliphatic carbocycles. The van der Waals surface area contributed by atoms with Gasteiger partial charge in [0.1, 0.15) is 5.75 Å². The molecule has 0 aromatic heterocycles. The molecule has 4 heteroatoms. The van der Waals surface area contributed by atoms with Crippen molar-refractivity contribution < 1.29 is 9.53 Å². The summed E-state index contributed by atoms with van der Waals surface area (Å²) in [6, 6.07) is 13.9. The molecule has 0 radical (unpaired) electrons. The van der Waals surface area contributed by atoms with Gasteiger partial charge in [-0.05, 0) is 54.8 Å². The first-order chi connectivity index (χ1) is 10.0. The molecule has 21 heavy (non-hydrogen) atoms. The lowest BCUT2D eigenvalue weighted by atomic mass is 10.1. The molecule has 0 spiro atoms. The summed E-state index contributed by atoms with van der Waals surface area (Å²) < 4.78 is 5.21. The molecule has 0 heterocycles. The van der Waals surface area contributed by atoms with Crippen LogP contribution >= 0.6 is 0 Å². The molecule has 3 N–H and O–H groups in total. The van der Waals surface area contributed by atoms with Crippen LogP contribution in [0.4, 0.5) is 5.69 Å². The number of carbonyl (C=O) groups is 1. The first kappa shape index (κ1) is 14.9. The summed E-state index contributed by atoms with van der Waals surface area (Å²) in [5, 5.41) is 3.35. The second-order valence-corrected chi connectivity index (χ2v) is 5.05. The van der Waals surface area contributed by atoms with E-state index in [9.17, 15) is 4.79 Å². The van der Waals surface area contributed by atoms with Crippen molar-refractivity contribution in [2.24, 2.45) is 5.73 Å². The van der Waals surface area contributed by atoms with Crippen LogP contribution in [0.15, 0.2) is 42.5 Å². The van der Waals surface area contributed by atoms with Gasteiger partial charge >= 0.3 is 0 Å². The van der Waals surface area contributed by atoms with Gasteiger partial charge in [0.05, 0.1) is 0 Å². The zero-order valence-corrected chi connectivity index (χ0v) is 12.3. The van der Waals surface area contributed by atoms with E-state index in [-0.39, 0.29) is 6.61 Å². The molecule has 2 aromatic carbocycles. The van der Waals surface area contributed by atoms with E-state index in [1.807, 2.05) is 24.3 Å². The van der Waals surface area contributed by atoms with Crippen molar-refractivity contribution in [2.45, 2.75) is 20.4 Å². The van der Waals surface area contributed by atoms with Crippen LogP contribution in [0.25, 0.3) is 0 Å². The second-order valence-electron chi connectivity index (χ2n) is 5.05. The molecule has 0 unspecified atom stereocenters. The Morgan fingerprint density at radius 1 is 1.10 bits per heavy atom. The number of nitrogens with one attached hydrogen (secondary N) is 1. The molecule has 0 atom stereocenters. The summed E-state index contributed by atoms with van der Waals surface area (Å²) in [6.07, 6.45) is 0. The number of anilines is 1. The molecule has 4 nitrogen and oxygen atoms in total. The Morgan fingerprint density at radius 2 is 1.81 bits per heavy atom. The van der Waals surface area contributed by atoms with E-state index in [4.69, 9.17) is 10.5 Å². The first-order valence-corrected chi connectivity index (χ1v) is 6.86. The quantitative estimate of drug-likeness (QED) is 0.857. The van der Waals surface area contributed by atoms with E-state index >= 15 is 0 Å². The van der Waals surface area contributed by atoms with Crippen molar-refractivity contribution in [3.63, 3.8) is 0 Å². The number of nitrogens with two attached hydrogens (primary N) is 1. The van der Waals surface area contributed by atoms with Crippen LogP contribution in [-0.2, 0) is 11.3 Å². The van der Waals surface area contributed by atoms with Gasteiger partial charge in [0.25, 0.3) is 5.91 Å². The molecule has 0 saturated heterocycles. The minimum atomic E-state index is -0.480. The maximum atomic E-state index is 10.6. The molecular formula is C17H20N2O2. The Bertz CT molecular complexity index is 621. The average Bonchev–Trinajstić information content (AvgIpc) is 2.47. The Labute approximate surface area is 124 Å². The number of primary amides is 1. The molecule has 0 saturated carbocycles. The number of amides is 1. The topological polar surface area (TPSA) is 64.3 Å². The zero-order valence-electron chi connectivity index (χ0n) is 12.3. The summed E-state index contributed by atoms with van der Waals surface area (Å²) in [4.78, 5) is 10.6. The lowest BCUT2D eigenvalue weighted by Gasteiger charge is -2.09. The molecule has 0 aliphatic rings. The predicted octanol–water partition coefficient (Wildman–Crippen LogP) is 2.78. The van der Waals surface area contributed by atoms with Crippen molar-refractivity contribution in [1.29, 1.82) is 0 Å². The summed E-state index contributed by atoms with van der Waals surface area (Å²) in [7, 11) is 0. The summed E-state index contributed by atoms with van der Waals surface area (Å²) in [5.74, 6) is 0.150.